The molecule has 1 aromatic rings. The summed E-state index contributed by atoms with van der Waals surface area (Å²) < 4.78 is 0. The van der Waals surface area contributed by atoms with Gasteiger partial charge in [0.25, 0.3) is 0 Å². The SMILES string of the molecule is CC(=O)SCCC(O)C(O)c1ccc(N)c(C(=O)O)c1. The Balaban J connectivity index is 2.76. The van der Waals surface area contributed by atoms with E-state index < -0.39 is 18.2 Å². The highest BCUT2D eigenvalue weighted by Crippen LogP contribution is 2.24. The van der Waals surface area contributed by atoms with Crippen LogP contribution in [0.2, 0.25) is 0 Å². The van der Waals surface area contributed by atoms with E-state index in [4.69, 9.17) is 10.8 Å². The van der Waals surface area contributed by atoms with Crippen LogP contribution in [0.15, 0.2) is 18.2 Å². The van der Waals surface area contributed by atoms with Crippen LogP contribution in [0.1, 0.15) is 35.4 Å². The third kappa shape index (κ3) is 4.52. The summed E-state index contributed by atoms with van der Waals surface area (Å²) in [4.78, 5) is 21.7. The molecule has 0 bridgehead atoms. The Kier molecular flexibility index (Phi) is 6.00. The number of nitrogen functional groups attached to an aromatic ring is 1. The van der Waals surface area contributed by atoms with Gasteiger partial charge in [-0.1, -0.05) is 17.8 Å². The third-order valence-corrected chi connectivity index (χ3v) is 3.58. The first kappa shape index (κ1) is 16.5. The van der Waals surface area contributed by atoms with Gasteiger partial charge in [-0.15, -0.1) is 0 Å². The van der Waals surface area contributed by atoms with Crippen LogP contribution in [0.25, 0.3) is 0 Å². The highest BCUT2D eigenvalue weighted by atomic mass is 32.2. The van der Waals surface area contributed by atoms with E-state index in [1.54, 1.807) is 0 Å². The molecular formula is C13H17NO5S. The van der Waals surface area contributed by atoms with Crippen LogP contribution in [0.3, 0.4) is 0 Å². The molecule has 1 rings (SSSR count). The Hall–Kier alpha value is -1.57. The Labute approximate surface area is 120 Å². The van der Waals surface area contributed by atoms with Crippen molar-refractivity contribution in [1.29, 1.82) is 0 Å². The maximum atomic E-state index is 10.9. The molecule has 2 unspecified atom stereocenters. The molecule has 7 heteroatoms. The zero-order valence-electron chi connectivity index (χ0n) is 10.9. The first-order valence-electron chi connectivity index (χ1n) is 5.95. The minimum atomic E-state index is -1.22. The molecule has 0 aliphatic carbocycles. The fraction of sp³-hybridized carbons (Fsp3) is 0.385. The number of thioether (sulfide) groups is 1. The summed E-state index contributed by atoms with van der Waals surface area (Å²) in [6.07, 6.45) is -2.08. The summed E-state index contributed by atoms with van der Waals surface area (Å²) >= 11 is 1.06. The molecule has 0 aliphatic heterocycles. The predicted molar refractivity (Wildman–Crippen MR) is 76.5 cm³/mol. The highest BCUT2D eigenvalue weighted by Gasteiger charge is 2.20. The Morgan fingerprint density at radius 3 is 2.55 bits per heavy atom. The molecule has 5 N–H and O–H groups in total. The first-order chi connectivity index (χ1) is 9.32. The molecule has 0 saturated heterocycles. The molecule has 0 amide bonds. The molecule has 6 nitrogen and oxygen atoms in total. The van der Waals surface area contributed by atoms with E-state index in [1.165, 1.54) is 25.1 Å². The summed E-state index contributed by atoms with van der Waals surface area (Å²) in [5.41, 5.74) is 5.76. The number of aliphatic hydroxyl groups is 2. The molecule has 20 heavy (non-hydrogen) atoms. The predicted octanol–water partition coefficient (Wildman–Crippen LogP) is 1.03. The zero-order valence-corrected chi connectivity index (χ0v) is 11.8. The molecule has 110 valence electrons. The summed E-state index contributed by atoms with van der Waals surface area (Å²) in [5, 5.41) is 28.7. The number of carboxylic acid groups (broad SMARTS) is 1. The molecule has 0 aromatic heterocycles. The molecule has 0 aliphatic rings. The van der Waals surface area contributed by atoms with Crippen LogP contribution >= 0.6 is 11.8 Å². The van der Waals surface area contributed by atoms with Crippen molar-refractivity contribution in [1.82, 2.24) is 0 Å². The van der Waals surface area contributed by atoms with Crippen LogP contribution in [0.4, 0.5) is 5.69 Å². The minimum Gasteiger partial charge on any atom is -0.478 e. The lowest BCUT2D eigenvalue weighted by atomic mass is 9.99. The van der Waals surface area contributed by atoms with E-state index in [9.17, 15) is 19.8 Å². The number of hydrogen-bond acceptors (Lipinski definition) is 6. The summed E-state index contributed by atoms with van der Waals surface area (Å²) in [7, 11) is 0. The number of nitrogens with two attached hydrogens (primary N) is 1. The number of rotatable bonds is 6. The number of aliphatic hydroxyl groups excluding tert-OH is 2. The monoisotopic (exact) mass is 299 g/mol. The van der Waals surface area contributed by atoms with Gasteiger partial charge in [0.1, 0.15) is 6.10 Å². The van der Waals surface area contributed by atoms with Gasteiger partial charge < -0.3 is 21.1 Å². The largest absolute Gasteiger partial charge is 0.478 e. The second-order valence-electron chi connectivity index (χ2n) is 4.29. The lowest BCUT2D eigenvalue weighted by Crippen LogP contribution is -2.19. The Bertz CT molecular complexity index is 506. The van der Waals surface area contributed by atoms with Gasteiger partial charge in [0, 0.05) is 18.4 Å². The first-order valence-corrected chi connectivity index (χ1v) is 6.93. The van der Waals surface area contributed by atoms with E-state index in [2.05, 4.69) is 0 Å². The van der Waals surface area contributed by atoms with E-state index in [-0.39, 0.29) is 28.4 Å². The number of benzene rings is 1. The van der Waals surface area contributed by atoms with Crippen molar-refractivity contribution in [2.45, 2.75) is 25.6 Å². The average molecular weight is 299 g/mol. The fourth-order valence-electron chi connectivity index (χ4n) is 1.65. The molecule has 0 fully saturated rings. The summed E-state index contributed by atoms with van der Waals surface area (Å²) in [6, 6.07) is 4.08. The minimum absolute atomic E-state index is 0.0627. The lowest BCUT2D eigenvalue weighted by molar-refractivity contribution is -0.109. The van der Waals surface area contributed by atoms with E-state index >= 15 is 0 Å². The van der Waals surface area contributed by atoms with Crippen molar-refractivity contribution in [3.05, 3.63) is 29.3 Å². The average Bonchev–Trinajstić information content (AvgIpc) is 2.37. The molecule has 1 aromatic carbocycles. The van der Waals surface area contributed by atoms with E-state index in [0.29, 0.717) is 5.75 Å². The lowest BCUT2D eigenvalue weighted by Gasteiger charge is -2.18. The van der Waals surface area contributed by atoms with Crippen molar-refractivity contribution in [2.75, 3.05) is 11.5 Å². The maximum absolute atomic E-state index is 10.9. The number of anilines is 1. The van der Waals surface area contributed by atoms with E-state index in [0.717, 1.165) is 11.8 Å². The Morgan fingerprint density at radius 2 is 2.00 bits per heavy atom. The van der Waals surface area contributed by atoms with E-state index in [1.807, 2.05) is 0 Å². The van der Waals surface area contributed by atoms with Crippen molar-refractivity contribution < 1.29 is 24.9 Å². The summed E-state index contributed by atoms with van der Waals surface area (Å²) in [6.45, 7) is 1.42. The number of aromatic carboxylic acids is 1. The number of carboxylic acids is 1. The van der Waals surface area contributed by atoms with Crippen molar-refractivity contribution in [2.24, 2.45) is 0 Å². The van der Waals surface area contributed by atoms with Crippen molar-refractivity contribution >= 4 is 28.5 Å². The molecule has 0 radical (unpaired) electrons. The van der Waals surface area contributed by atoms with Crippen LogP contribution < -0.4 is 5.73 Å². The quantitative estimate of drug-likeness (QED) is 0.579. The standard InChI is InChI=1S/C13H17NO5S/c1-7(15)20-5-4-11(16)12(17)8-2-3-10(14)9(6-8)13(18)19/h2-3,6,11-12,16-17H,4-5,14H2,1H3,(H,18,19). The van der Waals surface area contributed by atoms with Gasteiger partial charge in [-0.2, -0.15) is 0 Å². The van der Waals surface area contributed by atoms with Gasteiger partial charge >= 0.3 is 5.97 Å². The second-order valence-corrected chi connectivity index (χ2v) is 5.56. The third-order valence-electron chi connectivity index (χ3n) is 2.73. The Morgan fingerprint density at radius 1 is 1.35 bits per heavy atom. The van der Waals surface area contributed by atoms with Gasteiger partial charge in [0.2, 0.25) is 0 Å². The molecule has 2 atom stereocenters. The summed E-state index contributed by atoms with van der Waals surface area (Å²) in [5.74, 6) is -0.813. The highest BCUT2D eigenvalue weighted by molar-refractivity contribution is 8.13. The normalized spacial score (nSPS) is 13.8. The molecule has 0 saturated carbocycles. The smallest absolute Gasteiger partial charge is 0.337 e. The van der Waals surface area contributed by atoms with Crippen molar-refractivity contribution in [3.63, 3.8) is 0 Å². The topological polar surface area (TPSA) is 121 Å². The van der Waals surface area contributed by atoms with Crippen molar-refractivity contribution in [3.8, 4) is 0 Å². The number of carbonyl (C=O) groups is 2. The second kappa shape index (κ2) is 7.28. The molecule has 0 spiro atoms. The maximum Gasteiger partial charge on any atom is 0.337 e. The van der Waals surface area contributed by atoms with Crippen LogP contribution in [0.5, 0.6) is 0 Å². The van der Waals surface area contributed by atoms with Gasteiger partial charge in [-0.25, -0.2) is 4.79 Å². The number of hydrogen-bond donors (Lipinski definition) is 4. The zero-order chi connectivity index (χ0) is 15.3. The molecule has 0 heterocycles. The molecular weight excluding hydrogens is 282 g/mol. The number of carbonyl (C=O) groups excluding carboxylic acids is 1. The van der Waals surface area contributed by atoms with Gasteiger partial charge in [0.15, 0.2) is 5.12 Å². The van der Waals surface area contributed by atoms with Crippen LogP contribution in [-0.4, -0.2) is 38.3 Å². The van der Waals surface area contributed by atoms with Gasteiger partial charge in [-0.3, -0.25) is 4.79 Å². The fourth-order valence-corrected chi connectivity index (χ4v) is 2.29. The van der Waals surface area contributed by atoms with Gasteiger partial charge in [-0.05, 0) is 24.1 Å². The van der Waals surface area contributed by atoms with Crippen LogP contribution in [0, 0.1) is 0 Å². The van der Waals surface area contributed by atoms with Crippen LogP contribution in [-0.2, 0) is 4.79 Å². The van der Waals surface area contributed by atoms with Gasteiger partial charge in [0.05, 0.1) is 11.7 Å².